The van der Waals surface area contributed by atoms with E-state index >= 15 is 0 Å². The van der Waals surface area contributed by atoms with Gasteiger partial charge in [0.05, 0.1) is 35.2 Å². The molecule has 0 atom stereocenters. The van der Waals surface area contributed by atoms with Gasteiger partial charge in [0.15, 0.2) is 0 Å². The van der Waals surface area contributed by atoms with E-state index < -0.39 is 11.7 Å². The fourth-order valence-electron chi connectivity index (χ4n) is 4.39. The van der Waals surface area contributed by atoms with E-state index in [1.165, 1.54) is 12.1 Å². The van der Waals surface area contributed by atoms with Crippen molar-refractivity contribution in [1.82, 2.24) is 9.47 Å². The highest BCUT2D eigenvalue weighted by Gasteiger charge is 2.31. The first-order valence-electron chi connectivity index (χ1n) is 11.4. The molecule has 0 spiro atoms. The molecule has 4 rings (SSSR count). The predicted octanol–water partition coefficient (Wildman–Crippen LogP) is 5.00. The summed E-state index contributed by atoms with van der Waals surface area (Å²) >= 11 is 0. The van der Waals surface area contributed by atoms with E-state index in [1.54, 1.807) is 40.7 Å². The predicted molar refractivity (Wildman–Crippen MR) is 122 cm³/mol. The summed E-state index contributed by atoms with van der Waals surface area (Å²) in [6.45, 7) is 3.02. The number of piperidine rings is 1. The number of carbonyl (C=O) groups is 2. The Hall–Kier alpha value is -3.80. The quantitative estimate of drug-likeness (QED) is 0.479. The van der Waals surface area contributed by atoms with Gasteiger partial charge in [0, 0.05) is 25.0 Å². The maximum Gasteiger partial charge on any atom is 0.416 e. The zero-order valence-corrected chi connectivity index (χ0v) is 19.1. The van der Waals surface area contributed by atoms with E-state index in [1.807, 2.05) is 0 Å². The highest BCUT2D eigenvalue weighted by Crippen LogP contribution is 2.30. The van der Waals surface area contributed by atoms with Gasteiger partial charge in [-0.05, 0) is 55.7 Å². The van der Waals surface area contributed by atoms with Gasteiger partial charge in [-0.25, -0.2) is 0 Å². The molecule has 0 aliphatic carbocycles. The van der Waals surface area contributed by atoms with Crippen LogP contribution in [0, 0.1) is 17.2 Å². The number of hydrogen-bond acceptors (Lipinski definition) is 4. The van der Waals surface area contributed by atoms with Crippen LogP contribution in [-0.4, -0.2) is 41.0 Å². The molecule has 1 amide bonds. The first kappa shape index (κ1) is 24.3. The Kier molecular flexibility index (Phi) is 6.83. The van der Waals surface area contributed by atoms with Gasteiger partial charge in [-0.15, -0.1) is 0 Å². The number of halogens is 3. The minimum Gasteiger partial charge on any atom is -0.466 e. The molecule has 0 bridgehead atoms. The number of fused-ring (bicyclic) bond motifs is 1. The third-order valence-corrected chi connectivity index (χ3v) is 6.28. The first-order chi connectivity index (χ1) is 16.7. The molecule has 35 heavy (non-hydrogen) atoms. The van der Waals surface area contributed by atoms with Crippen LogP contribution < -0.4 is 0 Å². The standard InChI is InChI=1S/C26H24F3N3O3/c1-2-35-25(34)19-9-11-31(12-10-19)24(33)23-14-20-6-3-18(15-30)13-22(20)32(23)16-17-4-7-21(8-5-17)26(27,28)29/h3-8,13-14,19H,2,9-12,16H2,1H3. The third kappa shape index (κ3) is 5.16. The summed E-state index contributed by atoms with van der Waals surface area (Å²) < 4.78 is 45.7. The molecule has 0 unspecified atom stereocenters. The Morgan fingerprint density at radius 2 is 1.77 bits per heavy atom. The van der Waals surface area contributed by atoms with Gasteiger partial charge >= 0.3 is 12.1 Å². The molecule has 0 N–H and O–H groups in total. The van der Waals surface area contributed by atoms with Crippen molar-refractivity contribution in [2.45, 2.75) is 32.5 Å². The van der Waals surface area contributed by atoms with E-state index in [-0.39, 0.29) is 24.3 Å². The summed E-state index contributed by atoms with van der Waals surface area (Å²) in [6.07, 6.45) is -3.43. The molecule has 2 heterocycles. The van der Waals surface area contributed by atoms with Crippen molar-refractivity contribution in [3.8, 4) is 6.07 Å². The second kappa shape index (κ2) is 9.82. The molecule has 1 aliphatic heterocycles. The number of benzene rings is 2. The second-order valence-electron chi connectivity index (χ2n) is 8.51. The van der Waals surface area contributed by atoms with Crippen LogP contribution >= 0.6 is 0 Å². The highest BCUT2D eigenvalue weighted by molar-refractivity contribution is 5.99. The van der Waals surface area contributed by atoms with Crippen LogP contribution in [0.5, 0.6) is 0 Å². The summed E-state index contributed by atoms with van der Waals surface area (Å²) in [6, 6.07) is 13.7. The fraction of sp³-hybridized carbons (Fsp3) is 0.346. The maximum atomic E-state index is 13.5. The van der Waals surface area contributed by atoms with Crippen molar-refractivity contribution >= 4 is 22.8 Å². The molecule has 0 radical (unpaired) electrons. The number of aromatic nitrogens is 1. The summed E-state index contributed by atoms with van der Waals surface area (Å²) in [7, 11) is 0. The van der Waals surface area contributed by atoms with Crippen molar-refractivity contribution in [2.75, 3.05) is 19.7 Å². The van der Waals surface area contributed by atoms with Crippen molar-refractivity contribution < 1.29 is 27.5 Å². The zero-order chi connectivity index (χ0) is 25.2. The summed E-state index contributed by atoms with van der Waals surface area (Å²) in [5.41, 5.74) is 1.29. The molecule has 2 aromatic carbocycles. The van der Waals surface area contributed by atoms with Crippen molar-refractivity contribution in [3.05, 3.63) is 70.9 Å². The van der Waals surface area contributed by atoms with E-state index in [4.69, 9.17) is 4.74 Å². The molecule has 1 saturated heterocycles. The number of rotatable bonds is 5. The SMILES string of the molecule is CCOC(=O)C1CCN(C(=O)c2cc3ccc(C#N)cc3n2Cc2ccc(C(F)(F)F)cc2)CC1. The average molecular weight is 483 g/mol. The van der Waals surface area contributed by atoms with E-state index in [9.17, 15) is 28.0 Å². The topological polar surface area (TPSA) is 75.3 Å². The minimum absolute atomic E-state index is 0.164. The van der Waals surface area contributed by atoms with Gasteiger partial charge < -0.3 is 14.2 Å². The number of esters is 1. The molecular weight excluding hydrogens is 459 g/mol. The number of likely N-dealkylation sites (tertiary alicyclic amines) is 1. The lowest BCUT2D eigenvalue weighted by Crippen LogP contribution is -2.41. The Labute approximate surface area is 200 Å². The number of nitrogens with zero attached hydrogens (tertiary/aromatic N) is 3. The van der Waals surface area contributed by atoms with Gasteiger partial charge in [-0.3, -0.25) is 9.59 Å². The summed E-state index contributed by atoms with van der Waals surface area (Å²) in [5, 5.41) is 10.1. The number of amides is 1. The lowest BCUT2D eigenvalue weighted by Gasteiger charge is -2.31. The van der Waals surface area contributed by atoms with Crippen LogP contribution in [0.15, 0.2) is 48.5 Å². The van der Waals surface area contributed by atoms with Crippen molar-refractivity contribution in [2.24, 2.45) is 5.92 Å². The zero-order valence-electron chi connectivity index (χ0n) is 19.1. The molecule has 9 heteroatoms. The van der Waals surface area contributed by atoms with Crippen LogP contribution in [0.25, 0.3) is 10.9 Å². The van der Waals surface area contributed by atoms with Crippen LogP contribution in [0.2, 0.25) is 0 Å². The molecule has 1 aliphatic rings. The van der Waals surface area contributed by atoms with Crippen molar-refractivity contribution in [3.63, 3.8) is 0 Å². The molecule has 3 aromatic rings. The Morgan fingerprint density at radius 3 is 2.37 bits per heavy atom. The normalized spacial score (nSPS) is 14.7. The van der Waals surface area contributed by atoms with Crippen LogP contribution in [0.1, 0.15) is 46.9 Å². The van der Waals surface area contributed by atoms with Gasteiger partial charge in [0.1, 0.15) is 5.69 Å². The molecule has 6 nitrogen and oxygen atoms in total. The Morgan fingerprint density at radius 1 is 1.09 bits per heavy atom. The first-order valence-corrected chi connectivity index (χ1v) is 11.4. The lowest BCUT2D eigenvalue weighted by molar-refractivity contribution is -0.149. The summed E-state index contributed by atoms with van der Waals surface area (Å²) in [4.78, 5) is 27.2. The number of ether oxygens (including phenoxy) is 1. The smallest absolute Gasteiger partial charge is 0.416 e. The molecular formula is C26H24F3N3O3. The van der Waals surface area contributed by atoms with E-state index in [0.29, 0.717) is 54.9 Å². The number of nitriles is 1. The number of carbonyl (C=O) groups excluding carboxylic acids is 2. The second-order valence-corrected chi connectivity index (χ2v) is 8.51. The van der Waals surface area contributed by atoms with Crippen LogP contribution in [0.4, 0.5) is 13.2 Å². The number of alkyl halides is 3. The highest BCUT2D eigenvalue weighted by atomic mass is 19.4. The fourth-order valence-corrected chi connectivity index (χ4v) is 4.39. The third-order valence-electron chi connectivity index (χ3n) is 6.28. The van der Waals surface area contributed by atoms with Gasteiger partial charge in [0.2, 0.25) is 0 Å². The average Bonchev–Trinajstić information content (AvgIpc) is 3.21. The lowest BCUT2D eigenvalue weighted by atomic mass is 9.97. The Bertz CT molecular complexity index is 1280. The van der Waals surface area contributed by atoms with Crippen LogP contribution in [0.3, 0.4) is 0 Å². The minimum atomic E-state index is -4.43. The largest absolute Gasteiger partial charge is 0.466 e. The van der Waals surface area contributed by atoms with E-state index in [0.717, 1.165) is 17.5 Å². The molecule has 1 fully saturated rings. The van der Waals surface area contributed by atoms with Crippen LogP contribution in [-0.2, 0) is 22.3 Å². The molecule has 0 saturated carbocycles. The van der Waals surface area contributed by atoms with Gasteiger partial charge in [0.25, 0.3) is 5.91 Å². The monoisotopic (exact) mass is 483 g/mol. The van der Waals surface area contributed by atoms with Crippen molar-refractivity contribution in [1.29, 1.82) is 5.26 Å². The summed E-state index contributed by atoms with van der Waals surface area (Å²) in [5.74, 6) is -0.718. The Balaban J connectivity index is 1.64. The van der Waals surface area contributed by atoms with Gasteiger partial charge in [-0.2, -0.15) is 18.4 Å². The van der Waals surface area contributed by atoms with Gasteiger partial charge in [-0.1, -0.05) is 18.2 Å². The molecule has 1 aromatic heterocycles. The maximum absolute atomic E-state index is 13.5. The number of hydrogen-bond donors (Lipinski definition) is 0. The molecule has 182 valence electrons. The van der Waals surface area contributed by atoms with E-state index in [2.05, 4.69) is 6.07 Å².